The second-order valence-electron chi connectivity index (χ2n) is 6.55. The van der Waals surface area contributed by atoms with Crippen molar-refractivity contribution >= 4 is 5.91 Å². The van der Waals surface area contributed by atoms with Crippen LogP contribution in [0.25, 0.3) is 11.1 Å². The summed E-state index contributed by atoms with van der Waals surface area (Å²) in [5.41, 5.74) is 3.36. The minimum absolute atomic E-state index is 0.0585. The average Bonchev–Trinajstić information content (AvgIpc) is 2.73. The molecule has 0 aliphatic carbocycles. The van der Waals surface area contributed by atoms with Crippen molar-refractivity contribution in [1.82, 2.24) is 5.32 Å². The zero-order valence-corrected chi connectivity index (χ0v) is 15.8. The molecule has 3 aromatic rings. The highest BCUT2D eigenvalue weighted by molar-refractivity contribution is 5.81. The van der Waals surface area contributed by atoms with E-state index in [0.717, 1.165) is 16.7 Å². The summed E-state index contributed by atoms with van der Waals surface area (Å²) in [5, 5.41) is 3.04. The number of carbonyl (C=O) groups excluding carboxylic acids is 1. The highest BCUT2D eigenvalue weighted by atomic mass is 16.5. The Morgan fingerprint density at radius 1 is 0.852 bits per heavy atom. The number of amides is 1. The molecular weight excluding hydrogens is 334 g/mol. The zero-order chi connectivity index (χ0) is 19.1. The first-order valence-electron chi connectivity index (χ1n) is 9.35. The van der Waals surface area contributed by atoms with Crippen molar-refractivity contribution in [3.63, 3.8) is 0 Å². The quantitative estimate of drug-likeness (QED) is 0.614. The molecule has 0 aliphatic heterocycles. The van der Waals surface area contributed by atoms with E-state index < -0.39 is 6.10 Å². The molecule has 0 heterocycles. The van der Waals surface area contributed by atoms with Crippen LogP contribution in [0.1, 0.15) is 31.9 Å². The summed E-state index contributed by atoms with van der Waals surface area (Å²) in [7, 11) is 0. The lowest BCUT2D eigenvalue weighted by atomic mass is 10.1. The Hall–Kier alpha value is -3.07. The van der Waals surface area contributed by atoms with Crippen LogP contribution in [0.15, 0.2) is 84.9 Å². The zero-order valence-electron chi connectivity index (χ0n) is 15.8. The van der Waals surface area contributed by atoms with Gasteiger partial charge in [0, 0.05) is 0 Å². The van der Waals surface area contributed by atoms with Gasteiger partial charge in [0.1, 0.15) is 5.75 Å². The van der Waals surface area contributed by atoms with E-state index >= 15 is 0 Å². The molecule has 0 spiro atoms. The normalized spacial score (nSPS) is 12.8. The van der Waals surface area contributed by atoms with Gasteiger partial charge in [-0.3, -0.25) is 4.79 Å². The predicted octanol–water partition coefficient (Wildman–Crippen LogP) is 5.39. The summed E-state index contributed by atoms with van der Waals surface area (Å²) in [6.07, 6.45) is 0.0899. The Morgan fingerprint density at radius 3 is 2.00 bits per heavy atom. The standard InChI is InChI=1S/C24H25NO2/c1-3-23(24(26)25-18(2)19-10-6-4-7-11-19)27-22-16-14-21(15-17-22)20-12-8-5-9-13-20/h4-18,23H,3H2,1-2H3,(H,25,26). The molecule has 0 aromatic heterocycles. The molecule has 1 N–H and O–H groups in total. The van der Waals surface area contributed by atoms with Crippen molar-refractivity contribution in [3.05, 3.63) is 90.5 Å². The monoisotopic (exact) mass is 359 g/mol. The van der Waals surface area contributed by atoms with Crippen LogP contribution in [-0.2, 0) is 4.79 Å². The number of nitrogens with one attached hydrogen (secondary N) is 1. The Kier molecular flexibility index (Phi) is 6.26. The lowest BCUT2D eigenvalue weighted by Gasteiger charge is -2.21. The van der Waals surface area contributed by atoms with Crippen molar-refractivity contribution < 1.29 is 9.53 Å². The topological polar surface area (TPSA) is 38.3 Å². The van der Waals surface area contributed by atoms with Crippen LogP contribution in [0.2, 0.25) is 0 Å². The van der Waals surface area contributed by atoms with Crippen LogP contribution in [0, 0.1) is 0 Å². The van der Waals surface area contributed by atoms with Crippen LogP contribution in [-0.4, -0.2) is 12.0 Å². The fourth-order valence-electron chi connectivity index (χ4n) is 2.97. The van der Waals surface area contributed by atoms with Gasteiger partial charge >= 0.3 is 0 Å². The van der Waals surface area contributed by atoms with Gasteiger partial charge in [0.05, 0.1) is 6.04 Å². The third-order valence-electron chi connectivity index (χ3n) is 4.56. The number of hydrogen-bond acceptors (Lipinski definition) is 2. The van der Waals surface area contributed by atoms with Gasteiger partial charge in [0.25, 0.3) is 5.91 Å². The maximum Gasteiger partial charge on any atom is 0.261 e. The number of benzene rings is 3. The lowest BCUT2D eigenvalue weighted by Crippen LogP contribution is -2.39. The van der Waals surface area contributed by atoms with Gasteiger partial charge in [0.2, 0.25) is 0 Å². The van der Waals surface area contributed by atoms with Gasteiger partial charge in [-0.25, -0.2) is 0 Å². The molecule has 27 heavy (non-hydrogen) atoms. The fraction of sp³-hybridized carbons (Fsp3) is 0.208. The Labute approximate surface area is 161 Å². The highest BCUT2D eigenvalue weighted by Gasteiger charge is 2.20. The van der Waals surface area contributed by atoms with Crippen LogP contribution >= 0.6 is 0 Å². The minimum atomic E-state index is -0.515. The molecule has 0 fully saturated rings. The van der Waals surface area contributed by atoms with Crippen molar-refractivity contribution in [2.75, 3.05) is 0 Å². The van der Waals surface area contributed by atoms with Crippen molar-refractivity contribution in [1.29, 1.82) is 0 Å². The van der Waals surface area contributed by atoms with E-state index in [0.29, 0.717) is 12.2 Å². The first-order valence-corrected chi connectivity index (χ1v) is 9.35. The summed E-state index contributed by atoms with van der Waals surface area (Å²) in [5.74, 6) is 0.602. The van der Waals surface area contributed by atoms with Crippen molar-refractivity contribution in [2.24, 2.45) is 0 Å². The summed E-state index contributed by atoms with van der Waals surface area (Å²) in [6, 6.07) is 27.9. The van der Waals surface area contributed by atoms with Gasteiger partial charge in [-0.1, -0.05) is 79.7 Å². The van der Waals surface area contributed by atoms with E-state index in [1.165, 1.54) is 0 Å². The Balaban J connectivity index is 1.63. The van der Waals surface area contributed by atoms with Crippen LogP contribution < -0.4 is 10.1 Å². The molecule has 3 aromatic carbocycles. The molecule has 0 aliphatic rings. The third kappa shape index (κ3) is 4.98. The van der Waals surface area contributed by atoms with Gasteiger partial charge in [-0.2, -0.15) is 0 Å². The molecule has 2 unspecified atom stereocenters. The highest BCUT2D eigenvalue weighted by Crippen LogP contribution is 2.23. The maximum absolute atomic E-state index is 12.6. The molecular formula is C24H25NO2. The van der Waals surface area contributed by atoms with E-state index in [-0.39, 0.29) is 11.9 Å². The molecule has 0 bridgehead atoms. The Bertz CT molecular complexity index is 845. The first-order chi connectivity index (χ1) is 13.2. The Morgan fingerprint density at radius 2 is 1.41 bits per heavy atom. The second-order valence-corrected chi connectivity index (χ2v) is 6.55. The summed E-state index contributed by atoms with van der Waals surface area (Å²) in [4.78, 5) is 12.6. The van der Waals surface area contributed by atoms with E-state index in [4.69, 9.17) is 4.74 Å². The van der Waals surface area contributed by atoms with Crippen LogP contribution in [0.3, 0.4) is 0 Å². The van der Waals surface area contributed by atoms with E-state index in [1.54, 1.807) is 0 Å². The van der Waals surface area contributed by atoms with Gasteiger partial charge < -0.3 is 10.1 Å². The average molecular weight is 359 g/mol. The first kappa shape index (κ1) is 18.7. The smallest absolute Gasteiger partial charge is 0.261 e. The number of ether oxygens (including phenoxy) is 1. The van der Waals surface area contributed by atoms with Gasteiger partial charge in [0.15, 0.2) is 6.10 Å². The van der Waals surface area contributed by atoms with Crippen molar-refractivity contribution in [3.8, 4) is 16.9 Å². The van der Waals surface area contributed by atoms with E-state index in [9.17, 15) is 4.79 Å². The molecule has 3 heteroatoms. The maximum atomic E-state index is 12.6. The molecule has 3 rings (SSSR count). The summed E-state index contributed by atoms with van der Waals surface area (Å²) in [6.45, 7) is 3.93. The van der Waals surface area contributed by atoms with Gasteiger partial charge in [-0.05, 0) is 42.2 Å². The van der Waals surface area contributed by atoms with E-state index in [2.05, 4.69) is 17.4 Å². The number of hydrogen-bond donors (Lipinski definition) is 1. The summed E-state index contributed by atoms with van der Waals surface area (Å²) < 4.78 is 5.94. The number of rotatable bonds is 7. The van der Waals surface area contributed by atoms with Crippen LogP contribution in [0.5, 0.6) is 5.75 Å². The molecule has 138 valence electrons. The fourth-order valence-corrected chi connectivity index (χ4v) is 2.97. The molecule has 2 atom stereocenters. The summed E-state index contributed by atoms with van der Waals surface area (Å²) >= 11 is 0. The molecule has 1 amide bonds. The second kappa shape index (κ2) is 9.04. The third-order valence-corrected chi connectivity index (χ3v) is 4.56. The van der Waals surface area contributed by atoms with Crippen molar-refractivity contribution in [2.45, 2.75) is 32.4 Å². The lowest BCUT2D eigenvalue weighted by molar-refractivity contribution is -0.128. The van der Waals surface area contributed by atoms with E-state index in [1.807, 2.05) is 86.6 Å². The van der Waals surface area contributed by atoms with Crippen LogP contribution in [0.4, 0.5) is 0 Å². The molecule has 0 radical (unpaired) electrons. The molecule has 0 saturated heterocycles. The SMILES string of the molecule is CCC(Oc1ccc(-c2ccccc2)cc1)C(=O)NC(C)c1ccccc1. The minimum Gasteiger partial charge on any atom is -0.481 e. The molecule has 0 saturated carbocycles. The predicted molar refractivity (Wildman–Crippen MR) is 110 cm³/mol. The number of carbonyl (C=O) groups is 1. The largest absolute Gasteiger partial charge is 0.481 e. The van der Waals surface area contributed by atoms with Gasteiger partial charge in [-0.15, -0.1) is 0 Å². The molecule has 3 nitrogen and oxygen atoms in total.